The van der Waals surface area contributed by atoms with E-state index < -0.39 is 10.0 Å². The molecule has 5 nitrogen and oxygen atoms in total. The fourth-order valence-electron chi connectivity index (χ4n) is 4.50. The van der Waals surface area contributed by atoms with E-state index in [1.165, 1.54) is 9.87 Å². The number of aryl methyl sites for hydroxylation is 3. The molecule has 3 rings (SSSR count). The van der Waals surface area contributed by atoms with Gasteiger partial charge in [0.05, 0.1) is 10.6 Å². The number of sulfonamides is 1. The van der Waals surface area contributed by atoms with Gasteiger partial charge in [-0.1, -0.05) is 79.6 Å². The maximum Gasteiger partial charge on any atom is 0.264 e. The summed E-state index contributed by atoms with van der Waals surface area (Å²) in [6.45, 7) is 11.7. The smallest absolute Gasteiger partial charge is 0.264 e. The van der Waals surface area contributed by atoms with Crippen LogP contribution in [0.3, 0.4) is 0 Å². The van der Waals surface area contributed by atoms with Crippen LogP contribution in [0.2, 0.25) is 0 Å². The summed E-state index contributed by atoms with van der Waals surface area (Å²) in [4.78, 5) is 13.3. The second-order valence-electron chi connectivity index (χ2n) is 10.0. The summed E-state index contributed by atoms with van der Waals surface area (Å²) in [5.41, 5.74) is 4.35. The van der Waals surface area contributed by atoms with Gasteiger partial charge in [-0.3, -0.25) is 9.10 Å². The van der Waals surface area contributed by atoms with Gasteiger partial charge in [-0.25, -0.2) is 8.42 Å². The van der Waals surface area contributed by atoms with Gasteiger partial charge in [-0.2, -0.15) is 0 Å². The molecule has 0 aromatic heterocycles. The van der Waals surface area contributed by atoms with Gasteiger partial charge in [0, 0.05) is 6.04 Å². The monoisotopic (exact) mass is 492 g/mol. The van der Waals surface area contributed by atoms with Crippen LogP contribution < -0.4 is 9.62 Å². The van der Waals surface area contributed by atoms with Gasteiger partial charge in [0.2, 0.25) is 5.91 Å². The molecule has 0 saturated carbocycles. The third-order valence-corrected chi connectivity index (χ3v) is 8.07. The summed E-state index contributed by atoms with van der Waals surface area (Å²) in [7, 11) is -3.94. The Bertz CT molecular complexity index is 1270. The Kier molecular flexibility index (Phi) is 8.06. The van der Waals surface area contributed by atoms with Crippen LogP contribution in [0.1, 0.15) is 49.4 Å². The van der Waals surface area contributed by atoms with Gasteiger partial charge in [-0.15, -0.1) is 0 Å². The Morgan fingerprint density at radius 1 is 0.914 bits per heavy atom. The highest BCUT2D eigenvalue weighted by Crippen LogP contribution is 2.29. The molecule has 35 heavy (non-hydrogen) atoms. The number of benzene rings is 3. The number of nitrogens with one attached hydrogen (secondary N) is 1. The van der Waals surface area contributed by atoms with E-state index in [1.54, 1.807) is 30.3 Å². The molecule has 3 aromatic rings. The number of amides is 1. The van der Waals surface area contributed by atoms with E-state index >= 15 is 0 Å². The van der Waals surface area contributed by atoms with Gasteiger partial charge in [-0.05, 0) is 68.9 Å². The van der Waals surface area contributed by atoms with Crippen molar-refractivity contribution in [1.82, 2.24) is 5.32 Å². The number of anilines is 1. The molecule has 1 unspecified atom stereocenters. The Morgan fingerprint density at radius 3 is 2.11 bits per heavy atom. The van der Waals surface area contributed by atoms with Crippen molar-refractivity contribution in [2.75, 3.05) is 10.8 Å². The molecule has 1 N–H and O–H groups in total. The highest BCUT2D eigenvalue weighted by molar-refractivity contribution is 7.92. The summed E-state index contributed by atoms with van der Waals surface area (Å²) < 4.78 is 28.5. The molecule has 6 heteroatoms. The molecule has 0 aliphatic carbocycles. The van der Waals surface area contributed by atoms with Gasteiger partial charge in [0.15, 0.2) is 0 Å². The number of carbonyl (C=O) groups is 1. The molecule has 0 radical (unpaired) electrons. The Labute approximate surface area is 210 Å². The maximum absolute atomic E-state index is 13.7. The molecule has 0 aliphatic rings. The Hall–Kier alpha value is -3.12. The van der Waals surface area contributed by atoms with Crippen LogP contribution in [0.4, 0.5) is 5.69 Å². The highest BCUT2D eigenvalue weighted by Gasteiger charge is 2.30. The topological polar surface area (TPSA) is 66.5 Å². The molecule has 0 spiro atoms. The Morgan fingerprint density at radius 2 is 1.51 bits per heavy atom. The minimum absolute atomic E-state index is 0.138. The third kappa shape index (κ3) is 6.51. The Balaban J connectivity index is 1.84. The zero-order valence-corrected chi connectivity index (χ0v) is 22.3. The van der Waals surface area contributed by atoms with Crippen LogP contribution >= 0.6 is 0 Å². The average Bonchev–Trinajstić information content (AvgIpc) is 2.78. The van der Waals surface area contributed by atoms with Crippen LogP contribution in [0.5, 0.6) is 0 Å². The first-order valence-corrected chi connectivity index (χ1v) is 13.4. The first kappa shape index (κ1) is 26.5. The van der Waals surface area contributed by atoms with Crippen molar-refractivity contribution in [3.63, 3.8) is 0 Å². The fourth-order valence-corrected chi connectivity index (χ4v) is 5.98. The molecule has 1 atom stereocenters. The van der Waals surface area contributed by atoms with Crippen molar-refractivity contribution < 1.29 is 13.2 Å². The van der Waals surface area contributed by atoms with E-state index in [1.807, 2.05) is 58.0 Å². The lowest BCUT2D eigenvalue weighted by Crippen LogP contribution is -2.45. The highest BCUT2D eigenvalue weighted by atomic mass is 32.2. The second kappa shape index (κ2) is 10.6. The van der Waals surface area contributed by atoms with Crippen LogP contribution in [-0.4, -0.2) is 26.9 Å². The van der Waals surface area contributed by atoms with E-state index in [4.69, 9.17) is 0 Å². The van der Waals surface area contributed by atoms with Crippen molar-refractivity contribution in [3.8, 4) is 0 Å². The number of carbonyl (C=O) groups excluding carboxylic acids is 1. The fraction of sp³-hybridized carbons (Fsp3) is 0.345. The largest absolute Gasteiger partial charge is 0.352 e. The molecule has 0 fully saturated rings. The van der Waals surface area contributed by atoms with Gasteiger partial charge < -0.3 is 5.32 Å². The van der Waals surface area contributed by atoms with Gasteiger partial charge >= 0.3 is 0 Å². The molecule has 1 amide bonds. The van der Waals surface area contributed by atoms with Gasteiger partial charge in [0.25, 0.3) is 10.0 Å². The van der Waals surface area contributed by atoms with Crippen molar-refractivity contribution in [2.24, 2.45) is 0 Å². The average molecular weight is 493 g/mol. The maximum atomic E-state index is 13.7. The molecule has 0 bridgehead atoms. The minimum Gasteiger partial charge on any atom is -0.352 e. The van der Waals surface area contributed by atoms with Crippen LogP contribution in [0.25, 0.3) is 0 Å². The van der Waals surface area contributed by atoms with Crippen molar-refractivity contribution >= 4 is 21.6 Å². The first-order valence-electron chi connectivity index (χ1n) is 11.9. The second-order valence-corrected chi connectivity index (χ2v) is 11.9. The minimum atomic E-state index is -3.94. The molecule has 0 saturated heterocycles. The molecule has 0 heterocycles. The summed E-state index contributed by atoms with van der Waals surface area (Å²) in [6, 6.07) is 22.3. The van der Waals surface area contributed by atoms with E-state index in [-0.39, 0.29) is 28.8 Å². The number of nitrogens with zero attached hydrogens (tertiary/aromatic N) is 1. The molecular weight excluding hydrogens is 456 g/mol. The quantitative estimate of drug-likeness (QED) is 0.418. The molecule has 186 valence electrons. The summed E-state index contributed by atoms with van der Waals surface area (Å²) >= 11 is 0. The first-order chi connectivity index (χ1) is 16.4. The SMILES string of the molecule is Cc1ccc(S(=O)(=O)N(CC(=O)NC(C)CC(C)(C)c2ccccc2)c2ccc(C)cc2C)cc1. The van der Waals surface area contributed by atoms with Crippen LogP contribution in [0.15, 0.2) is 77.7 Å². The van der Waals surface area contributed by atoms with Crippen molar-refractivity contribution in [3.05, 3.63) is 95.1 Å². The van der Waals surface area contributed by atoms with E-state index in [2.05, 4.69) is 31.3 Å². The lowest BCUT2D eigenvalue weighted by Gasteiger charge is -2.30. The van der Waals surface area contributed by atoms with Crippen molar-refractivity contribution in [2.45, 2.75) is 64.3 Å². The normalized spacial score (nSPS) is 12.7. The number of rotatable bonds is 9. The van der Waals surface area contributed by atoms with E-state index in [0.717, 1.165) is 23.1 Å². The van der Waals surface area contributed by atoms with E-state index in [9.17, 15) is 13.2 Å². The van der Waals surface area contributed by atoms with Crippen molar-refractivity contribution in [1.29, 1.82) is 0 Å². The van der Waals surface area contributed by atoms with Crippen LogP contribution in [-0.2, 0) is 20.2 Å². The van der Waals surface area contributed by atoms with E-state index in [0.29, 0.717) is 5.69 Å². The lowest BCUT2D eigenvalue weighted by molar-refractivity contribution is -0.120. The molecular formula is C29H36N2O3S. The molecule has 0 aliphatic heterocycles. The summed E-state index contributed by atoms with van der Waals surface area (Å²) in [5, 5.41) is 3.02. The lowest BCUT2D eigenvalue weighted by atomic mass is 9.79. The predicted molar refractivity (Wildman–Crippen MR) is 143 cm³/mol. The zero-order valence-electron chi connectivity index (χ0n) is 21.5. The third-order valence-electron chi connectivity index (χ3n) is 6.30. The number of hydrogen-bond acceptors (Lipinski definition) is 3. The number of hydrogen-bond donors (Lipinski definition) is 1. The molecule has 3 aromatic carbocycles. The standard InChI is InChI=1S/C29H36N2O3S/c1-21-12-15-26(16-13-21)35(33,34)31(27-17-14-22(2)18-23(27)3)20-28(32)30-24(4)19-29(5,6)25-10-8-7-9-11-25/h7-18,24H,19-20H2,1-6H3,(H,30,32). The summed E-state index contributed by atoms with van der Waals surface area (Å²) in [6.07, 6.45) is 0.719. The van der Waals surface area contributed by atoms with Crippen LogP contribution in [0, 0.1) is 20.8 Å². The van der Waals surface area contributed by atoms with Gasteiger partial charge in [0.1, 0.15) is 6.54 Å². The predicted octanol–water partition coefficient (Wildman–Crippen LogP) is 5.68. The summed E-state index contributed by atoms with van der Waals surface area (Å²) in [5.74, 6) is -0.336. The zero-order chi connectivity index (χ0) is 25.8.